The van der Waals surface area contributed by atoms with Gasteiger partial charge in [0, 0.05) is 19.6 Å². The summed E-state index contributed by atoms with van der Waals surface area (Å²) in [6, 6.07) is 5.57. The van der Waals surface area contributed by atoms with Crippen LogP contribution in [0.2, 0.25) is 0 Å². The van der Waals surface area contributed by atoms with Crippen LogP contribution in [-0.2, 0) is 16.1 Å². The van der Waals surface area contributed by atoms with Crippen LogP contribution in [0.25, 0.3) is 0 Å². The molecule has 1 amide bonds. The van der Waals surface area contributed by atoms with Crippen LogP contribution < -0.4 is 15.8 Å². The first kappa shape index (κ1) is 15.8. The Labute approximate surface area is 125 Å². The highest BCUT2D eigenvalue weighted by molar-refractivity contribution is 5.92. The highest BCUT2D eigenvalue weighted by Gasteiger charge is 2.16. The number of carbonyl (C=O) groups excluding carboxylic acids is 1. The van der Waals surface area contributed by atoms with Crippen LogP contribution in [0.1, 0.15) is 37.7 Å². The fraction of sp³-hybridized carbons (Fsp3) is 0.562. The Morgan fingerprint density at radius 1 is 1.48 bits per heavy atom. The van der Waals surface area contributed by atoms with Crippen molar-refractivity contribution in [3.63, 3.8) is 0 Å². The SMILES string of the molecule is COc1cc(CN)ccc1NC(=O)CCC1CCCCO1. The summed E-state index contributed by atoms with van der Waals surface area (Å²) in [7, 11) is 1.58. The molecule has 0 saturated carbocycles. The van der Waals surface area contributed by atoms with Gasteiger partial charge in [-0.2, -0.15) is 0 Å². The highest BCUT2D eigenvalue weighted by atomic mass is 16.5. The topological polar surface area (TPSA) is 73.6 Å². The number of hydrogen-bond donors (Lipinski definition) is 2. The predicted octanol–water partition coefficient (Wildman–Crippen LogP) is 2.44. The Hall–Kier alpha value is -1.59. The van der Waals surface area contributed by atoms with E-state index in [-0.39, 0.29) is 12.0 Å². The van der Waals surface area contributed by atoms with Crippen molar-refractivity contribution in [1.29, 1.82) is 0 Å². The number of benzene rings is 1. The van der Waals surface area contributed by atoms with Crippen LogP contribution in [0.5, 0.6) is 5.75 Å². The smallest absolute Gasteiger partial charge is 0.224 e. The second-order valence-electron chi connectivity index (χ2n) is 5.31. The third-order valence-corrected chi connectivity index (χ3v) is 3.74. The molecule has 21 heavy (non-hydrogen) atoms. The molecule has 3 N–H and O–H groups in total. The number of hydrogen-bond acceptors (Lipinski definition) is 4. The monoisotopic (exact) mass is 292 g/mol. The summed E-state index contributed by atoms with van der Waals surface area (Å²) in [6.45, 7) is 1.27. The number of methoxy groups -OCH3 is 1. The summed E-state index contributed by atoms with van der Waals surface area (Å²) in [6.07, 6.45) is 4.85. The van der Waals surface area contributed by atoms with E-state index in [4.69, 9.17) is 15.2 Å². The quantitative estimate of drug-likeness (QED) is 0.844. The molecule has 0 bridgehead atoms. The Morgan fingerprint density at radius 3 is 3.00 bits per heavy atom. The maximum Gasteiger partial charge on any atom is 0.224 e. The second-order valence-corrected chi connectivity index (χ2v) is 5.31. The Kier molecular flexibility index (Phi) is 6.02. The Morgan fingerprint density at radius 2 is 2.33 bits per heavy atom. The lowest BCUT2D eigenvalue weighted by Gasteiger charge is -2.22. The van der Waals surface area contributed by atoms with Gasteiger partial charge in [0.25, 0.3) is 0 Å². The minimum atomic E-state index is -0.0111. The lowest BCUT2D eigenvalue weighted by molar-refractivity contribution is -0.117. The Bertz CT molecular complexity index is 471. The largest absolute Gasteiger partial charge is 0.495 e. The van der Waals surface area contributed by atoms with Crippen molar-refractivity contribution < 1.29 is 14.3 Å². The molecule has 0 aromatic heterocycles. The van der Waals surface area contributed by atoms with E-state index in [1.807, 2.05) is 18.2 Å². The minimum Gasteiger partial charge on any atom is -0.495 e. The van der Waals surface area contributed by atoms with Gasteiger partial charge in [-0.05, 0) is 43.4 Å². The molecule has 1 atom stereocenters. The molecule has 1 heterocycles. The molecular weight excluding hydrogens is 268 g/mol. The van der Waals surface area contributed by atoms with Gasteiger partial charge in [-0.1, -0.05) is 6.07 Å². The first-order valence-electron chi connectivity index (χ1n) is 7.51. The van der Waals surface area contributed by atoms with E-state index in [1.165, 1.54) is 6.42 Å². The summed E-state index contributed by atoms with van der Waals surface area (Å²) < 4.78 is 10.9. The molecule has 1 aliphatic rings. The van der Waals surface area contributed by atoms with Crippen LogP contribution in [0.15, 0.2) is 18.2 Å². The van der Waals surface area contributed by atoms with Crippen LogP contribution in [-0.4, -0.2) is 25.7 Å². The van der Waals surface area contributed by atoms with Gasteiger partial charge in [0.1, 0.15) is 5.75 Å². The molecule has 1 fully saturated rings. The van der Waals surface area contributed by atoms with Gasteiger partial charge < -0.3 is 20.5 Å². The summed E-state index contributed by atoms with van der Waals surface area (Å²) in [4.78, 5) is 12.0. The maximum atomic E-state index is 12.0. The number of nitrogens with two attached hydrogens (primary N) is 1. The number of nitrogens with one attached hydrogen (secondary N) is 1. The summed E-state index contributed by atoms with van der Waals surface area (Å²) in [5.41, 5.74) is 7.26. The molecule has 116 valence electrons. The fourth-order valence-corrected chi connectivity index (χ4v) is 2.51. The molecule has 1 aromatic rings. The van der Waals surface area contributed by atoms with Gasteiger partial charge >= 0.3 is 0 Å². The molecular formula is C16H24N2O3. The van der Waals surface area contributed by atoms with Gasteiger partial charge in [0.15, 0.2) is 0 Å². The zero-order chi connectivity index (χ0) is 15.1. The Balaban J connectivity index is 1.86. The fourth-order valence-electron chi connectivity index (χ4n) is 2.51. The number of rotatable bonds is 6. The summed E-state index contributed by atoms with van der Waals surface area (Å²) in [5.74, 6) is 0.628. The van der Waals surface area contributed by atoms with Crippen molar-refractivity contribution in [2.75, 3.05) is 19.0 Å². The van der Waals surface area contributed by atoms with Crippen LogP contribution in [0, 0.1) is 0 Å². The van der Waals surface area contributed by atoms with E-state index in [0.717, 1.165) is 31.4 Å². The zero-order valence-corrected chi connectivity index (χ0v) is 12.6. The van der Waals surface area contributed by atoms with Crippen molar-refractivity contribution in [2.45, 2.75) is 44.8 Å². The van der Waals surface area contributed by atoms with E-state index in [1.54, 1.807) is 7.11 Å². The van der Waals surface area contributed by atoms with Crippen LogP contribution in [0.4, 0.5) is 5.69 Å². The molecule has 2 rings (SSSR count). The highest BCUT2D eigenvalue weighted by Crippen LogP contribution is 2.26. The maximum absolute atomic E-state index is 12.0. The molecule has 5 nitrogen and oxygen atoms in total. The van der Waals surface area contributed by atoms with Crippen LogP contribution >= 0.6 is 0 Å². The lowest BCUT2D eigenvalue weighted by Crippen LogP contribution is -2.21. The van der Waals surface area contributed by atoms with Crippen molar-refractivity contribution in [2.24, 2.45) is 5.73 Å². The third kappa shape index (κ3) is 4.72. The average molecular weight is 292 g/mol. The number of ether oxygens (including phenoxy) is 2. The summed E-state index contributed by atoms with van der Waals surface area (Å²) in [5, 5.41) is 2.89. The standard InChI is InChI=1S/C16H24N2O3/c1-20-15-10-12(11-17)5-7-14(15)18-16(19)8-6-13-4-2-3-9-21-13/h5,7,10,13H,2-4,6,8-9,11,17H2,1H3,(H,18,19). The van der Waals surface area contributed by atoms with Gasteiger partial charge in [-0.3, -0.25) is 4.79 Å². The molecule has 1 saturated heterocycles. The predicted molar refractivity (Wildman–Crippen MR) is 82.3 cm³/mol. The first-order chi connectivity index (χ1) is 10.2. The van der Waals surface area contributed by atoms with Gasteiger partial charge in [0.2, 0.25) is 5.91 Å². The van der Waals surface area contributed by atoms with Gasteiger partial charge in [0.05, 0.1) is 18.9 Å². The van der Waals surface area contributed by atoms with Gasteiger partial charge in [-0.25, -0.2) is 0 Å². The van der Waals surface area contributed by atoms with E-state index >= 15 is 0 Å². The normalized spacial score (nSPS) is 18.3. The number of carbonyl (C=O) groups is 1. The molecule has 0 aliphatic carbocycles. The van der Waals surface area contributed by atoms with Crippen molar-refractivity contribution in [1.82, 2.24) is 0 Å². The molecule has 0 radical (unpaired) electrons. The molecule has 0 spiro atoms. The van der Waals surface area contributed by atoms with Crippen molar-refractivity contribution in [3.8, 4) is 5.75 Å². The molecule has 5 heteroatoms. The average Bonchev–Trinajstić information content (AvgIpc) is 2.54. The molecule has 1 unspecified atom stereocenters. The van der Waals surface area contributed by atoms with Gasteiger partial charge in [-0.15, -0.1) is 0 Å². The second kappa shape index (κ2) is 8.00. The van der Waals surface area contributed by atoms with E-state index < -0.39 is 0 Å². The van der Waals surface area contributed by atoms with Crippen molar-refractivity contribution >= 4 is 11.6 Å². The minimum absolute atomic E-state index is 0.0111. The molecule has 1 aliphatic heterocycles. The summed E-state index contributed by atoms with van der Waals surface area (Å²) >= 11 is 0. The zero-order valence-electron chi connectivity index (χ0n) is 12.6. The number of amides is 1. The number of anilines is 1. The third-order valence-electron chi connectivity index (χ3n) is 3.74. The molecule has 1 aromatic carbocycles. The van der Waals surface area contributed by atoms with Crippen molar-refractivity contribution in [3.05, 3.63) is 23.8 Å². The first-order valence-corrected chi connectivity index (χ1v) is 7.51. The van der Waals surface area contributed by atoms with Crippen LogP contribution in [0.3, 0.4) is 0 Å². The lowest BCUT2D eigenvalue weighted by atomic mass is 10.0. The van der Waals surface area contributed by atoms with E-state index in [9.17, 15) is 4.79 Å². The van der Waals surface area contributed by atoms with E-state index in [0.29, 0.717) is 24.4 Å². The van der Waals surface area contributed by atoms with E-state index in [2.05, 4.69) is 5.32 Å².